The SMILES string of the molecule is COC(=O)c1ccc(C(=O)c2ccc(C(=O)OC)o2)o1. The van der Waals surface area contributed by atoms with Crippen molar-refractivity contribution in [3.8, 4) is 0 Å². The van der Waals surface area contributed by atoms with Gasteiger partial charge in [-0.05, 0) is 24.3 Å². The molecule has 0 bridgehead atoms. The molecule has 2 aromatic rings. The second kappa shape index (κ2) is 5.43. The van der Waals surface area contributed by atoms with Gasteiger partial charge in [0.1, 0.15) is 0 Å². The van der Waals surface area contributed by atoms with Crippen LogP contribution in [0.2, 0.25) is 0 Å². The van der Waals surface area contributed by atoms with E-state index in [0.717, 1.165) is 0 Å². The maximum atomic E-state index is 12.0. The number of ether oxygens (including phenoxy) is 2. The minimum atomic E-state index is -0.696. The molecule has 20 heavy (non-hydrogen) atoms. The first-order chi connectivity index (χ1) is 9.56. The lowest BCUT2D eigenvalue weighted by molar-refractivity contribution is 0.0558. The van der Waals surface area contributed by atoms with Crippen LogP contribution in [0.15, 0.2) is 33.1 Å². The molecule has 0 spiro atoms. The van der Waals surface area contributed by atoms with E-state index in [4.69, 9.17) is 8.83 Å². The number of ketones is 1. The zero-order chi connectivity index (χ0) is 14.7. The summed E-state index contributed by atoms with van der Waals surface area (Å²) in [5.74, 6) is -2.40. The molecule has 0 atom stereocenters. The summed E-state index contributed by atoms with van der Waals surface area (Å²) >= 11 is 0. The molecule has 0 aliphatic carbocycles. The van der Waals surface area contributed by atoms with Crippen LogP contribution in [0.3, 0.4) is 0 Å². The van der Waals surface area contributed by atoms with Gasteiger partial charge >= 0.3 is 11.9 Å². The predicted octanol–water partition coefficient (Wildman–Crippen LogP) is 1.68. The molecule has 2 aromatic heterocycles. The van der Waals surface area contributed by atoms with Crippen molar-refractivity contribution in [1.29, 1.82) is 0 Å². The summed E-state index contributed by atoms with van der Waals surface area (Å²) in [6, 6.07) is 5.25. The Morgan fingerprint density at radius 2 is 1.10 bits per heavy atom. The normalized spacial score (nSPS) is 10.1. The Balaban J connectivity index is 2.23. The molecule has 7 nitrogen and oxygen atoms in total. The van der Waals surface area contributed by atoms with Gasteiger partial charge in [-0.3, -0.25) is 4.79 Å². The van der Waals surface area contributed by atoms with E-state index in [1.54, 1.807) is 0 Å². The predicted molar refractivity (Wildman–Crippen MR) is 63.5 cm³/mol. The van der Waals surface area contributed by atoms with E-state index in [-0.39, 0.29) is 23.0 Å². The maximum Gasteiger partial charge on any atom is 0.373 e. The highest BCUT2D eigenvalue weighted by Gasteiger charge is 2.21. The quantitative estimate of drug-likeness (QED) is 0.620. The van der Waals surface area contributed by atoms with Crippen molar-refractivity contribution < 1.29 is 32.7 Å². The Bertz CT molecular complexity index is 606. The smallest absolute Gasteiger partial charge is 0.373 e. The average molecular weight is 278 g/mol. The van der Waals surface area contributed by atoms with E-state index in [1.807, 2.05) is 0 Å². The summed E-state index contributed by atoms with van der Waals surface area (Å²) < 4.78 is 19.0. The van der Waals surface area contributed by atoms with Gasteiger partial charge in [0.15, 0.2) is 11.5 Å². The molecular weight excluding hydrogens is 268 g/mol. The van der Waals surface area contributed by atoms with E-state index in [2.05, 4.69) is 9.47 Å². The molecule has 0 aliphatic heterocycles. The highest BCUT2D eigenvalue weighted by atomic mass is 16.5. The number of rotatable bonds is 4. The molecule has 104 valence electrons. The summed E-state index contributed by atoms with van der Waals surface area (Å²) in [5.41, 5.74) is 0. The fourth-order valence-electron chi connectivity index (χ4n) is 1.46. The molecule has 7 heteroatoms. The van der Waals surface area contributed by atoms with Crippen LogP contribution in [0.4, 0.5) is 0 Å². The topological polar surface area (TPSA) is 96.0 Å². The molecule has 0 saturated heterocycles. The first kappa shape index (κ1) is 13.6. The van der Waals surface area contributed by atoms with Crippen LogP contribution in [0, 0.1) is 0 Å². The van der Waals surface area contributed by atoms with Crippen LogP contribution in [-0.2, 0) is 9.47 Å². The Hall–Kier alpha value is -2.83. The van der Waals surface area contributed by atoms with E-state index in [1.165, 1.54) is 38.5 Å². The first-order valence-electron chi connectivity index (χ1n) is 5.47. The highest BCUT2D eigenvalue weighted by Crippen LogP contribution is 2.17. The third-order valence-corrected chi connectivity index (χ3v) is 2.43. The van der Waals surface area contributed by atoms with Gasteiger partial charge < -0.3 is 18.3 Å². The van der Waals surface area contributed by atoms with Crippen molar-refractivity contribution >= 4 is 17.7 Å². The first-order valence-corrected chi connectivity index (χ1v) is 5.47. The van der Waals surface area contributed by atoms with Gasteiger partial charge in [0, 0.05) is 0 Å². The Morgan fingerprint density at radius 1 is 0.750 bits per heavy atom. The van der Waals surface area contributed by atoms with Crippen LogP contribution < -0.4 is 0 Å². The minimum absolute atomic E-state index is 0.101. The van der Waals surface area contributed by atoms with Crippen molar-refractivity contribution in [2.24, 2.45) is 0 Å². The third kappa shape index (κ3) is 2.46. The second-order valence-corrected chi connectivity index (χ2v) is 3.64. The number of carbonyl (C=O) groups excluding carboxylic acids is 3. The summed E-state index contributed by atoms with van der Waals surface area (Å²) in [6.07, 6.45) is 0. The van der Waals surface area contributed by atoms with Crippen LogP contribution >= 0.6 is 0 Å². The van der Waals surface area contributed by atoms with Crippen molar-refractivity contribution in [3.63, 3.8) is 0 Å². The molecule has 0 saturated carbocycles. The fourth-order valence-corrected chi connectivity index (χ4v) is 1.46. The number of hydrogen-bond donors (Lipinski definition) is 0. The lowest BCUT2D eigenvalue weighted by Gasteiger charge is -1.95. The molecule has 0 fully saturated rings. The molecule has 0 aliphatic rings. The number of methoxy groups -OCH3 is 2. The molecule has 0 aromatic carbocycles. The summed E-state index contributed by atoms with van der Waals surface area (Å²) in [6.45, 7) is 0. The molecule has 0 N–H and O–H groups in total. The largest absolute Gasteiger partial charge is 0.463 e. The average Bonchev–Trinajstić information content (AvgIpc) is 3.13. The summed E-state index contributed by atoms with van der Waals surface area (Å²) in [5, 5.41) is 0. The van der Waals surface area contributed by atoms with Crippen molar-refractivity contribution in [3.05, 3.63) is 47.3 Å². The van der Waals surface area contributed by atoms with Gasteiger partial charge in [0.25, 0.3) is 5.78 Å². The van der Waals surface area contributed by atoms with Crippen molar-refractivity contribution in [1.82, 2.24) is 0 Å². The monoisotopic (exact) mass is 278 g/mol. The Kier molecular flexibility index (Phi) is 3.69. The summed E-state index contributed by atoms with van der Waals surface area (Å²) in [4.78, 5) is 34.4. The van der Waals surface area contributed by atoms with Gasteiger partial charge in [-0.25, -0.2) is 9.59 Å². The minimum Gasteiger partial charge on any atom is -0.463 e. The van der Waals surface area contributed by atoms with Crippen LogP contribution in [-0.4, -0.2) is 31.9 Å². The number of hydrogen-bond acceptors (Lipinski definition) is 7. The van der Waals surface area contributed by atoms with Gasteiger partial charge in [-0.2, -0.15) is 0 Å². The van der Waals surface area contributed by atoms with E-state index < -0.39 is 17.7 Å². The standard InChI is InChI=1S/C13H10O7/c1-17-12(15)9-5-3-7(19-9)11(14)8-4-6-10(20-8)13(16)18-2/h3-6H,1-2H3. The van der Waals surface area contributed by atoms with Gasteiger partial charge in [0.2, 0.25) is 11.5 Å². The molecule has 0 unspecified atom stereocenters. The van der Waals surface area contributed by atoms with E-state index in [9.17, 15) is 14.4 Å². The molecule has 0 radical (unpaired) electrons. The molecule has 2 heterocycles. The van der Waals surface area contributed by atoms with Crippen LogP contribution in [0.25, 0.3) is 0 Å². The summed E-state index contributed by atoms with van der Waals surface area (Å²) in [7, 11) is 2.39. The number of carbonyl (C=O) groups is 3. The zero-order valence-corrected chi connectivity index (χ0v) is 10.7. The van der Waals surface area contributed by atoms with Gasteiger partial charge in [-0.15, -0.1) is 0 Å². The maximum absolute atomic E-state index is 12.0. The van der Waals surface area contributed by atoms with E-state index >= 15 is 0 Å². The molecular formula is C13H10O7. The molecule has 0 amide bonds. The number of furan rings is 2. The Morgan fingerprint density at radius 3 is 1.45 bits per heavy atom. The van der Waals surface area contributed by atoms with Crippen molar-refractivity contribution in [2.75, 3.05) is 14.2 Å². The molecule has 2 rings (SSSR count). The van der Waals surface area contributed by atoms with E-state index in [0.29, 0.717) is 0 Å². The zero-order valence-electron chi connectivity index (χ0n) is 10.7. The third-order valence-electron chi connectivity index (χ3n) is 2.43. The number of esters is 2. The lowest BCUT2D eigenvalue weighted by Crippen LogP contribution is -2.01. The second-order valence-electron chi connectivity index (χ2n) is 3.64. The Labute approximate surface area is 113 Å². The van der Waals surface area contributed by atoms with Gasteiger partial charge in [0.05, 0.1) is 14.2 Å². The van der Waals surface area contributed by atoms with Crippen LogP contribution in [0.1, 0.15) is 37.4 Å². The van der Waals surface area contributed by atoms with Crippen LogP contribution in [0.5, 0.6) is 0 Å². The highest BCUT2D eigenvalue weighted by molar-refractivity contribution is 6.06. The lowest BCUT2D eigenvalue weighted by atomic mass is 10.2. The van der Waals surface area contributed by atoms with Gasteiger partial charge in [-0.1, -0.05) is 0 Å². The van der Waals surface area contributed by atoms with Crippen molar-refractivity contribution in [2.45, 2.75) is 0 Å². The fraction of sp³-hybridized carbons (Fsp3) is 0.154.